The van der Waals surface area contributed by atoms with E-state index >= 15 is 0 Å². The fourth-order valence-corrected chi connectivity index (χ4v) is 3.24. The zero-order valence-electron chi connectivity index (χ0n) is 15.4. The number of anilines is 1. The lowest BCUT2D eigenvalue weighted by Gasteiger charge is -2.34. The Labute approximate surface area is 150 Å². The maximum Gasteiger partial charge on any atom is 0.251 e. The van der Waals surface area contributed by atoms with Crippen molar-refractivity contribution in [2.24, 2.45) is 0 Å². The predicted molar refractivity (Wildman–Crippen MR) is 98.3 cm³/mol. The Hall–Kier alpha value is -1.80. The SMILES string of the molecule is CC.CC(C)(O)C(=O)NCCC1CN(S(C)(=O)=O)c2ccccc2O1. The van der Waals surface area contributed by atoms with Gasteiger partial charge in [0.1, 0.15) is 17.5 Å². The molecule has 0 fully saturated rings. The number of ether oxygens (including phenoxy) is 1. The molecule has 2 rings (SSSR count). The number of rotatable bonds is 5. The van der Waals surface area contributed by atoms with Crippen molar-refractivity contribution >= 4 is 21.6 Å². The molecule has 1 aliphatic heterocycles. The Balaban J connectivity index is 0.00000151. The Morgan fingerprint density at radius 3 is 2.52 bits per heavy atom. The molecule has 25 heavy (non-hydrogen) atoms. The average Bonchev–Trinajstić information content (AvgIpc) is 2.54. The number of para-hydroxylation sites is 2. The molecule has 1 aromatic rings. The largest absolute Gasteiger partial charge is 0.486 e. The number of carbonyl (C=O) groups is 1. The summed E-state index contributed by atoms with van der Waals surface area (Å²) in [7, 11) is -3.41. The molecule has 2 N–H and O–H groups in total. The fourth-order valence-electron chi connectivity index (χ4n) is 2.29. The molecule has 1 aromatic carbocycles. The zero-order chi connectivity index (χ0) is 19.3. The number of nitrogens with one attached hydrogen (secondary N) is 1. The summed E-state index contributed by atoms with van der Waals surface area (Å²) in [6, 6.07) is 6.94. The smallest absolute Gasteiger partial charge is 0.251 e. The first-order valence-electron chi connectivity index (χ1n) is 8.33. The molecule has 1 amide bonds. The van der Waals surface area contributed by atoms with Gasteiger partial charge in [0.2, 0.25) is 10.0 Å². The highest BCUT2D eigenvalue weighted by Gasteiger charge is 2.31. The Morgan fingerprint density at radius 2 is 1.96 bits per heavy atom. The minimum Gasteiger partial charge on any atom is -0.486 e. The minimum absolute atomic E-state index is 0.189. The molecule has 0 saturated carbocycles. The van der Waals surface area contributed by atoms with Crippen molar-refractivity contribution in [2.45, 2.75) is 45.8 Å². The van der Waals surface area contributed by atoms with E-state index in [-0.39, 0.29) is 19.2 Å². The van der Waals surface area contributed by atoms with Crippen LogP contribution in [0.3, 0.4) is 0 Å². The van der Waals surface area contributed by atoms with E-state index in [1.54, 1.807) is 24.3 Å². The summed E-state index contributed by atoms with van der Waals surface area (Å²) < 4.78 is 31.1. The van der Waals surface area contributed by atoms with E-state index < -0.39 is 21.5 Å². The Bertz CT molecular complexity index is 683. The van der Waals surface area contributed by atoms with Crippen LogP contribution >= 0.6 is 0 Å². The molecule has 7 nitrogen and oxygen atoms in total. The minimum atomic E-state index is -3.41. The maximum atomic E-state index is 12.0. The highest BCUT2D eigenvalue weighted by atomic mass is 32.2. The van der Waals surface area contributed by atoms with E-state index in [0.717, 1.165) is 6.26 Å². The van der Waals surface area contributed by atoms with Gasteiger partial charge in [0.25, 0.3) is 5.91 Å². The molecule has 8 heteroatoms. The van der Waals surface area contributed by atoms with Gasteiger partial charge in [-0.25, -0.2) is 8.42 Å². The number of nitrogens with zero attached hydrogens (tertiary/aromatic N) is 1. The van der Waals surface area contributed by atoms with Crippen LogP contribution < -0.4 is 14.4 Å². The van der Waals surface area contributed by atoms with E-state index in [9.17, 15) is 18.3 Å². The first-order valence-corrected chi connectivity index (χ1v) is 10.2. The van der Waals surface area contributed by atoms with Crippen LogP contribution in [0.15, 0.2) is 24.3 Å². The number of hydrogen-bond acceptors (Lipinski definition) is 5. The molecular weight excluding hydrogens is 344 g/mol. The van der Waals surface area contributed by atoms with E-state index in [0.29, 0.717) is 17.9 Å². The zero-order valence-corrected chi connectivity index (χ0v) is 16.3. The van der Waals surface area contributed by atoms with Gasteiger partial charge in [-0.2, -0.15) is 0 Å². The van der Waals surface area contributed by atoms with Crippen LogP contribution in [0, 0.1) is 0 Å². The van der Waals surface area contributed by atoms with Gasteiger partial charge in [-0.3, -0.25) is 9.10 Å². The van der Waals surface area contributed by atoms with Crippen molar-refractivity contribution in [2.75, 3.05) is 23.7 Å². The third-order valence-electron chi connectivity index (χ3n) is 3.50. The third kappa shape index (κ3) is 5.89. The molecule has 0 aliphatic carbocycles. The van der Waals surface area contributed by atoms with Gasteiger partial charge in [0.15, 0.2) is 0 Å². The van der Waals surface area contributed by atoms with Gasteiger partial charge in [-0.1, -0.05) is 26.0 Å². The standard InChI is InChI=1S/C15H22N2O5S.C2H6/c1-15(2,19)14(18)16-9-8-11-10-17(23(3,20)21)12-6-4-5-7-13(12)22-11;1-2/h4-7,11,19H,8-10H2,1-3H3,(H,16,18);1-2H3. The molecule has 0 bridgehead atoms. The number of aliphatic hydroxyl groups is 1. The summed E-state index contributed by atoms with van der Waals surface area (Å²) in [5.74, 6) is 0.0247. The molecule has 1 heterocycles. The number of carbonyl (C=O) groups excluding carboxylic acids is 1. The third-order valence-corrected chi connectivity index (χ3v) is 4.65. The number of sulfonamides is 1. The predicted octanol–water partition coefficient (Wildman–Crippen LogP) is 1.52. The Morgan fingerprint density at radius 1 is 1.36 bits per heavy atom. The molecule has 0 spiro atoms. The molecule has 0 radical (unpaired) electrons. The number of fused-ring (bicyclic) bond motifs is 1. The maximum absolute atomic E-state index is 12.0. The summed E-state index contributed by atoms with van der Waals surface area (Å²) in [5.41, 5.74) is -0.925. The number of hydrogen-bond donors (Lipinski definition) is 2. The highest BCUT2D eigenvalue weighted by molar-refractivity contribution is 7.92. The second kappa shape index (κ2) is 8.53. The van der Waals surface area contributed by atoms with E-state index in [1.165, 1.54) is 18.2 Å². The van der Waals surface area contributed by atoms with Crippen molar-refractivity contribution in [1.82, 2.24) is 5.32 Å². The molecule has 142 valence electrons. The topological polar surface area (TPSA) is 95.9 Å². The second-order valence-electron chi connectivity index (χ2n) is 6.11. The van der Waals surface area contributed by atoms with Crippen molar-refractivity contribution in [3.8, 4) is 5.75 Å². The summed E-state index contributed by atoms with van der Waals surface area (Å²) >= 11 is 0. The second-order valence-corrected chi connectivity index (χ2v) is 8.01. The summed E-state index contributed by atoms with van der Waals surface area (Å²) in [4.78, 5) is 11.6. The van der Waals surface area contributed by atoms with Crippen LogP contribution in [0.1, 0.15) is 34.1 Å². The fraction of sp³-hybridized carbons (Fsp3) is 0.588. The van der Waals surface area contributed by atoms with Gasteiger partial charge in [0.05, 0.1) is 18.5 Å². The van der Waals surface area contributed by atoms with Gasteiger partial charge in [-0.15, -0.1) is 0 Å². The van der Waals surface area contributed by atoms with Crippen molar-refractivity contribution in [3.05, 3.63) is 24.3 Å². The van der Waals surface area contributed by atoms with Crippen LogP contribution in [0.5, 0.6) is 5.75 Å². The summed E-state index contributed by atoms with van der Waals surface area (Å²) in [6.45, 7) is 7.28. The lowest BCUT2D eigenvalue weighted by Crippen LogP contribution is -2.46. The first-order chi connectivity index (χ1) is 11.6. The van der Waals surface area contributed by atoms with Crippen molar-refractivity contribution < 1.29 is 23.1 Å². The Kier molecular flexibility index (Phi) is 7.25. The number of amides is 1. The van der Waals surface area contributed by atoms with Crippen LogP contribution in [-0.2, 0) is 14.8 Å². The summed E-state index contributed by atoms with van der Waals surface area (Å²) in [5, 5.41) is 12.2. The van der Waals surface area contributed by atoms with E-state index in [1.807, 2.05) is 13.8 Å². The van der Waals surface area contributed by atoms with Gasteiger partial charge in [0, 0.05) is 13.0 Å². The summed E-state index contributed by atoms with van der Waals surface area (Å²) in [6.07, 6.45) is 1.21. The molecule has 1 atom stereocenters. The van der Waals surface area contributed by atoms with Gasteiger partial charge < -0.3 is 15.2 Å². The average molecular weight is 372 g/mol. The van der Waals surface area contributed by atoms with Crippen LogP contribution in [0.4, 0.5) is 5.69 Å². The first kappa shape index (κ1) is 21.2. The lowest BCUT2D eigenvalue weighted by atomic mass is 10.1. The molecule has 1 aliphatic rings. The van der Waals surface area contributed by atoms with Crippen molar-refractivity contribution in [1.29, 1.82) is 0 Å². The van der Waals surface area contributed by atoms with Crippen LogP contribution in [-0.4, -0.2) is 50.5 Å². The molecular formula is C17H28N2O5S. The quantitative estimate of drug-likeness (QED) is 0.817. The monoisotopic (exact) mass is 372 g/mol. The van der Waals surface area contributed by atoms with E-state index in [2.05, 4.69) is 5.32 Å². The van der Waals surface area contributed by atoms with Crippen LogP contribution in [0.25, 0.3) is 0 Å². The highest BCUT2D eigenvalue weighted by Crippen LogP contribution is 2.35. The van der Waals surface area contributed by atoms with Gasteiger partial charge in [-0.05, 0) is 26.0 Å². The normalized spacial score (nSPS) is 16.9. The molecule has 1 unspecified atom stereocenters. The number of benzene rings is 1. The van der Waals surface area contributed by atoms with Crippen molar-refractivity contribution in [3.63, 3.8) is 0 Å². The van der Waals surface area contributed by atoms with Crippen LogP contribution in [0.2, 0.25) is 0 Å². The lowest BCUT2D eigenvalue weighted by molar-refractivity contribution is -0.136. The van der Waals surface area contributed by atoms with Gasteiger partial charge >= 0.3 is 0 Å². The molecule has 0 saturated heterocycles. The molecule has 0 aromatic heterocycles. The van der Waals surface area contributed by atoms with E-state index in [4.69, 9.17) is 4.74 Å².